The summed E-state index contributed by atoms with van der Waals surface area (Å²) < 4.78 is 10.6. The number of hydrogen-bond acceptors (Lipinski definition) is 3. The van der Waals surface area contributed by atoms with Gasteiger partial charge in [0.25, 0.3) is 5.91 Å². The minimum absolute atomic E-state index is 0.0391. The largest absolute Gasteiger partial charge is 0.497 e. The first kappa shape index (κ1) is 16.7. The first-order chi connectivity index (χ1) is 12.0. The highest BCUT2D eigenvalue weighted by Crippen LogP contribution is 2.61. The van der Waals surface area contributed by atoms with E-state index in [2.05, 4.69) is 12.2 Å². The summed E-state index contributed by atoms with van der Waals surface area (Å²) in [6, 6.07) is 5.58. The van der Waals surface area contributed by atoms with Gasteiger partial charge in [-0.25, -0.2) is 0 Å². The van der Waals surface area contributed by atoms with Crippen molar-refractivity contribution in [1.82, 2.24) is 5.32 Å². The molecule has 4 aliphatic rings. The van der Waals surface area contributed by atoms with Gasteiger partial charge in [-0.05, 0) is 80.8 Å². The van der Waals surface area contributed by atoms with E-state index in [9.17, 15) is 4.79 Å². The quantitative estimate of drug-likeness (QED) is 0.878. The third-order valence-electron chi connectivity index (χ3n) is 7.01. The fourth-order valence-corrected chi connectivity index (χ4v) is 6.12. The van der Waals surface area contributed by atoms with Gasteiger partial charge in [0.2, 0.25) is 0 Å². The second-order valence-electron chi connectivity index (χ2n) is 8.54. The number of nitrogens with one attached hydrogen (secondary N) is 1. The van der Waals surface area contributed by atoms with Crippen molar-refractivity contribution >= 4 is 5.91 Å². The lowest BCUT2D eigenvalue weighted by molar-refractivity contribution is -0.0688. The summed E-state index contributed by atoms with van der Waals surface area (Å²) in [6.45, 7) is 2.21. The molecule has 4 saturated carbocycles. The molecule has 0 radical (unpaired) electrons. The summed E-state index contributed by atoms with van der Waals surface area (Å²) in [7, 11) is 3.21. The molecule has 1 aromatic rings. The molecule has 0 spiro atoms. The molecule has 4 aliphatic carbocycles. The number of methoxy groups -OCH3 is 2. The third-order valence-corrected chi connectivity index (χ3v) is 7.01. The number of carbonyl (C=O) groups is 1. The summed E-state index contributed by atoms with van der Waals surface area (Å²) in [5.41, 5.74) is 0.893. The average molecular weight is 343 g/mol. The second-order valence-corrected chi connectivity index (χ2v) is 8.54. The zero-order valence-electron chi connectivity index (χ0n) is 15.5. The third kappa shape index (κ3) is 2.90. The van der Waals surface area contributed by atoms with Gasteiger partial charge < -0.3 is 14.8 Å². The van der Waals surface area contributed by atoms with Gasteiger partial charge in [-0.3, -0.25) is 4.79 Å². The Morgan fingerprint density at radius 3 is 2.20 bits per heavy atom. The van der Waals surface area contributed by atoms with Crippen LogP contribution < -0.4 is 14.8 Å². The Bertz CT molecular complexity index is 634. The van der Waals surface area contributed by atoms with Crippen LogP contribution in [0, 0.1) is 23.2 Å². The van der Waals surface area contributed by atoms with Gasteiger partial charge in [-0.15, -0.1) is 0 Å². The Morgan fingerprint density at radius 1 is 1.08 bits per heavy atom. The van der Waals surface area contributed by atoms with Crippen LogP contribution in [-0.4, -0.2) is 26.2 Å². The molecule has 1 atom stereocenters. The summed E-state index contributed by atoms with van der Waals surface area (Å²) in [5.74, 6) is 3.89. The average Bonchev–Trinajstić information content (AvgIpc) is 2.59. The van der Waals surface area contributed by atoms with Crippen molar-refractivity contribution in [2.45, 2.75) is 51.5 Å². The molecule has 4 fully saturated rings. The van der Waals surface area contributed by atoms with Gasteiger partial charge >= 0.3 is 0 Å². The molecule has 25 heavy (non-hydrogen) atoms. The molecule has 4 nitrogen and oxygen atoms in total. The van der Waals surface area contributed by atoms with E-state index in [0.29, 0.717) is 22.5 Å². The minimum atomic E-state index is -0.0391. The molecule has 1 amide bonds. The first-order valence-electron chi connectivity index (χ1n) is 9.56. The summed E-state index contributed by atoms with van der Waals surface area (Å²) in [6.07, 6.45) is 8.14. The molecular weight excluding hydrogens is 314 g/mol. The molecule has 5 rings (SSSR count). The second kappa shape index (κ2) is 6.22. The standard InChI is InChI=1S/C21H29NO3/c1-13(21-10-14-6-15(11-21)8-16(7-14)12-21)22-20(23)18-5-4-17(24-2)9-19(18)25-3/h4-5,9,13-16H,6-8,10-12H2,1-3H3,(H,22,23)/t13-,14?,15?,16?,21?/m1/s1. The van der Waals surface area contributed by atoms with Crippen LogP contribution in [0.15, 0.2) is 18.2 Å². The van der Waals surface area contributed by atoms with Crippen molar-refractivity contribution in [2.75, 3.05) is 14.2 Å². The van der Waals surface area contributed by atoms with Crippen LogP contribution in [0.25, 0.3) is 0 Å². The Morgan fingerprint density at radius 2 is 1.68 bits per heavy atom. The van der Waals surface area contributed by atoms with Crippen molar-refractivity contribution in [1.29, 1.82) is 0 Å². The van der Waals surface area contributed by atoms with Crippen LogP contribution in [0.2, 0.25) is 0 Å². The molecule has 0 saturated heterocycles. The number of ether oxygens (including phenoxy) is 2. The van der Waals surface area contributed by atoms with Crippen molar-refractivity contribution in [3.05, 3.63) is 23.8 Å². The molecule has 0 aromatic heterocycles. The van der Waals surface area contributed by atoms with E-state index in [0.717, 1.165) is 17.8 Å². The topological polar surface area (TPSA) is 47.6 Å². The van der Waals surface area contributed by atoms with E-state index in [1.807, 2.05) is 6.07 Å². The van der Waals surface area contributed by atoms with Crippen molar-refractivity contribution in [3.8, 4) is 11.5 Å². The highest BCUT2D eigenvalue weighted by atomic mass is 16.5. The number of rotatable bonds is 5. The Labute approximate surface area is 150 Å². The number of carbonyl (C=O) groups excluding carboxylic acids is 1. The van der Waals surface area contributed by atoms with Crippen molar-refractivity contribution in [3.63, 3.8) is 0 Å². The summed E-state index contributed by atoms with van der Waals surface area (Å²) in [5, 5.41) is 3.31. The normalized spacial score (nSPS) is 33.8. The maximum atomic E-state index is 12.9. The SMILES string of the molecule is COc1ccc(C(=O)N[C@H](C)C23CC4CC(CC(C4)C2)C3)c(OC)c1. The predicted octanol–water partition coefficient (Wildman–Crippen LogP) is 4.04. The zero-order valence-corrected chi connectivity index (χ0v) is 15.5. The van der Waals surface area contributed by atoms with Crippen LogP contribution in [0.5, 0.6) is 11.5 Å². The van der Waals surface area contributed by atoms with E-state index in [4.69, 9.17) is 9.47 Å². The van der Waals surface area contributed by atoms with E-state index in [-0.39, 0.29) is 11.9 Å². The molecule has 0 heterocycles. The Hall–Kier alpha value is -1.71. The molecule has 1 N–H and O–H groups in total. The molecule has 4 bridgehead atoms. The Kier molecular flexibility index (Phi) is 4.17. The number of benzene rings is 1. The fraction of sp³-hybridized carbons (Fsp3) is 0.667. The number of amides is 1. The van der Waals surface area contributed by atoms with Gasteiger partial charge in [0.05, 0.1) is 19.8 Å². The van der Waals surface area contributed by atoms with Gasteiger partial charge in [0.1, 0.15) is 11.5 Å². The predicted molar refractivity (Wildman–Crippen MR) is 97.1 cm³/mol. The fourth-order valence-electron chi connectivity index (χ4n) is 6.12. The molecule has 1 aromatic carbocycles. The molecule has 136 valence electrons. The smallest absolute Gasteiger partial charge is 0.255 e. The van der Waals surface area contributed by atoms with E-state index in [1.165, 1.54) is 38.5 Å². The minimum Gasteiger partial charge on any atom is -0.497 e. The van der Waals surface area contributed by atoms with Crippen LogP contribution in [0.1, 0.15) is 55.8 Å². The van der Waals surface area contributed by atoms with Gasteiger partial charge in [0, 0.05) is 12.1 Å². The Balaban J connectivity index is 1.51. The van der Waals surface area contributed by atoms with Gasteiger partial charge in [-0.2, -0.15) is 0 Å². The molecular formula is C21H29NO3. The lowest BCUT2D eigenvalue weighted by Gasteiger charge is -2.59. The highest BCUT2D eigenvalue weighted by molar-refractivity contribution is 5.97. The van der Waals surface area contributed by atoms with Crippen LogP contribution in [0.4, 0.5) is 0 Å². The van der Waals surface area contributed by atoms with E-state index >= 15 is 0 Å². The maximum Gasteiger partial charge on any atom is 0.255 e. The van der Waals surface area contributed by atoms with Gasteiger partial charge in [0.15, 0.2) is 0 Å². The van der Waals surface area contributed by atoms with E-state index in [1.54, 1.807) is 26.4 Å². The van der Waals surface area contributed by atoms with E-state index < -0.39 is 0 Å². The number of hydrogen-bond donors (Lipinski definition) is 1. The van der Waals surface area contributed by atoms with Crippen LogP contribution >= 0.6 is 0 Å². The zero-order chi connectivity index (χ0) is 17.6. The van der Waals surface area contributed by atoms with Crippen LogP contribution in [0.3, 0.4) is 0 Å². The summed E-state index contributed by atoms with van der Waals surface area (Å²) >= 11 is 0. The molecule has 0 unspecified atom stereocenters. The monoisotopic (exact) mass is 343 g/mol. The lowest BCUT2D eigenvalue weighted by Crippen LogP contribution is -2.55. The summed E-state index contributed by atoms with van der Waals surface area (Å²) in [4.78, 5) is 12.9. The maximum absolute atomic E-state index is 12.9. The highest BCUT2D eigenvalue weighted by Gasteiger charge is 2.53. The molecule has 4 heteroatoms. The van der Waals surface area contributed by atoms with Crippen molar-refractivity contribution in [2.24, 2.45) is 23.2 Å². The first-order valence-corrected chi connectivity index (χ1v) is 9.56. The lowest BCUT2D eigenvalue weighted by atomic mass is 9.48. The van der Waals surface area contributed by atoms with Gasteiger partial charge in [-0.1, -0.05) is 0 Å². The van der Waals surface area contributed by atoms with Crippen LogP contribution in [-0.2, 0) is 0 Å². The van der Waals surface area contributed by atoms with Crippen molar-refractivity contribution < 1.29 is 14.3 Å². The molecule has 0 aliphatic heterocycles.